The van der Waals surface area contributed by atoms with Crippen molar-refractivity contribution in [2.45, 2.75) is 52.6 Å². The molecule has 0 saturated carbocycles. The van der Waals surface area contributed by atoms with Crippen LogP contribution in [0.3, 0.4) is 0 Å². The van der Waals surface area contributed by atoms with E-state index >= 15 is 0 Å². The maximum atomic E-state index is 13.2. The number of carbonyl (C=O) groups is 1. The molecule has 7 heteroatoms. The lowest BCUT2D eigenvalue weighted by atomic mass is 9.79. The monoisotopic (exact) mass is 474 g/mol. The van der Waals surface area contributed by atoms with E-state index in [1.165, 1.54) is 5.57 Å². The summed E-state index contributed by atoms with van der Waals surface area (Å²) in [6.45, 7) is 6.66. The lowest BCUT2D eigenvalue weighted by Gasteiger charge is -2.40. The molecule has 0 saturated heterocycles. The zero-order chi connectivity index (χ0) is 20.5. The fourth-order valence-corrected chi connectivity index (χ4v) is 5.56. The van der Waals surface area contributed by atoms with Crippen LogP contribution in [0.2, 0.25) is 0 Å². The highest BCUT2D eigenvalue weighted by molar-refractivity contribution is 9.10. The minimum Gasteiger partial charge on any atom is -0.298 e. The van der Waals surface area contributed by atoms with Crippen LogP contribution in [-0.2, 0) is 4.79 Å². The first-order valence-electron chi connectivity index (χ1n) is 10.3. The van der Waals surface area contributed by atoms with Gasteiger partial charge in [0.1, 0.15) is 11.9 Å². The number of halogens is 1. The molecule has 5 nitrogen and oxygen atoms in total. The largest absolute Gasteiger partial charge is 0.298 e. The molecule has 0 fully saturated rings. The molecule has 0 radical (unpaired) electrons. The molecule has 1 amide bonds. The Bertz CT molecular complexity index is 1000. The average Bonchev–Trinajstić information content (AvgIpc) is 2.68. The number of nitrogens with zero attached hydrogens (tertiary/aromatic N) is 3. The van der Waals surface area contributed by atoms with E-state index in [-0.39, 0.29) is 12.1 Å². The van der Waals surface area contributed by atoms with Crippen molar-refractivity contribution in [1.29, 1.82) is 0 Å². The molecule has 3 atom stereocenters. The standard InChI is InChI=1S/C22H27BrN4OS/c1-4-5-10-29-22-25-21(28)19-17-12-15(23)7-9-18(17)24-20(27(19)26-22)16-8-6-13(2)11-14(16)3/h6-7,9,12,14,16,20H,4-5,8,10-11H2,1-3H3,(H,25,26,28)/t14-,16-,20+/m1/s1. The summed E-state index contributed by atoms with van der Waals surface area (Å²) in [7, 11) is 0. The van der Waals surface area contributed by atoms with Crippen molar-refractivity contribution in [2.75, 3.05) is 5.75 Å². The number of unbranched alkanes of at least 4 members (excludes halogenated alkanes) is 1. The van der Waals surface area contributed by atoms with Crippen molar-refractivity contribution in [2.24, 2.45) is 21.9 Å². The van der Waals surface area contributed by atoms with Crippen LogP contribution in [-0.4, -0.2) is 28.0 Å². The lowest BCUT2D eigenvalue weighted by molar-refractivity contribution is -0.116. The zero-order valence-electron chi connectivity index (χ0n) is 17.1. The summed E-state index contributed by atoms with van der Waals surface area (Å²) >= 11 is 5.15. The molecular weight excluding hydrogens is 448 g/mol. The van der Waals surface area contributed by atoms with Gasteiger partial charge in [-0.3, -0.25) is 15.1 Å². The van der Waals surface area contributed by atoms with E-state index in [4.69, 9.17) is 10.1 Å². The molecule has 3 aliphatic rings. The molecule has 4 rings (SSSR count). The lowest BCUT2D eigenvalue weighted by Crippen LogP contribution is -2.55. The fourth-order valence-electron chi connectivity index (χ4n) is 4.26. The maximum absolute atomic E-state index is 13.2. The average molecular weight is 475 g/mol. The number of amides is 1. The predicted octanol–water partition coefficient (Wildman–Crippen LogP) is 3.75. The van der Waals surface area contributed by atoms with E-state index < -0.39 is 0 Å². The quantitative estimate of drug-likeness (QED) is 0.533. The van der Waals surface area contributed by atoms with Gasteiger partial charge in [-0.05, 0) is 50.3 Å². The highest BCUT2D eigenvalue weighted by Crippen LogP contribution is 2.36. The van der Waals surface area contributed by atoms with Gasteiger partial charge < -0.3 is 0 Å². The maximum Gasteiger partial charge on any atom is 0.276 e. The molecule has 0 spiro atoms. The third-order valence-electron chi connectivity index (χ3n) is 5.83. The Labute approximate surface area is 184 Å². The molecule has 2 aliphatic heterocycles. The van der Waals surface area contributed by atoms with Gasteiger partial charge in [0.15, 0.2) is 5.17 Å². The van der Waals surface area contributed by atoms with Crippen LogP contribution in [0.5, 0.6) is 0 Å². The fraction of sp³-hybridized carbons (Fsp3) is 0.500. The first-order chi connectivity index (χ1) is 14.0. The number of carbonyl (C=O) groups excluding carboxylic acids is 1. The van der Waals surface area contributed by atoms with E-state index in [2.05, 4.69) is 48.1 Å². The molecule has 0 unspecified atom stereocenters. The second-order valence-corrected chi connectivity index (χ2v) is 10.1. The molecular formula is C22H27BrN4OS. The second kappa shape index (κ2) is 8.64. The molecule has 2 heterocycles. The number of amidine groups is 1. The second-order valence-electron chi connectivity index (χ2n) is 8.09. The summed E-state index contributed by atoms with van der Waals surface area (Å²) in [5.74, 6) is 1.67. The highest BCUT2D eigenvalue weighted by atomic mass is 79.9. The van der Waals surface area contributed by atoms with Crippen molar-refractivity contribution >= 4 is 44.5 Å². The molecule has 1 aromatic rings. The third kappa shape index (κ3) is 4.17. The van der Waals surface area contributed by atoms with Crippen LogP contribution in [0.4, 0.5) is 0 Å². The van der Waals surface area contributed by atoms with Crippen molar-refractivity contribution < 1.29 is 4.79 Å². The number of thioether (sulfide) groups is 1. The first kappa shape index (κ1) is 20.7. The highest BCUT2D eigenvalue weighted by Gasteiger charge is 2.39. The Morgan fingerprint density at radius 2 is 2.21 bits per heavy atom. The summed E-state index contributed by atoms with van der Waals surface area (Å²) in [5.41, 5.74) is 2.05. The minimum absolute atomic E-state index is 0.0894. The van der Waals surface area contributed by atoms with Gasteiger partial charge in [-0.15, -0.1) is 5.10 Å². The normalized spacial score (nSPS) is 26.1. The van der Waals surface area contributed by atoms with Crippen molar-refractivity contribution in [3.8, 4) is 0 Å². The van der Waals surface area contributed by atoms with Crippen molar-refractivity contribution in [3.63, 3.8) is 0 Å². The van der Waals surface area contributed by atoms with Crippen LogP contribution >= 0.6 is 27.7 Å². The Hall–Kier alpha value is -1.60. The van der Waals surface area contributed by atoms with E-state index in [9.17, 15) is 4.79 Å². The Morgan fingerprint density at radius 3 is 2.97 bits per heavy atom. The third-order valence-corrected chi connectivity index (χ3v) is 7.28. The van der Waals surface area contributed by atoms with E-state index in [0.717, 1.165) is 46.5 Å². The van der Waals surface area contributed by atoms with Gasteiger partial charge >= 0.3 is 0 Å². The minimum atomic E-state index is -0.161. The molecule has 1 N–H and O–H groups in total. The zero-order valence-corrected chi connectivity index (χ0v) is 19.5. The van der Waals surface area contributed by atoms with Crippen LogP contribution in [0.15, 0.2) is 44.4 Å². The molecule has 0 bridgehead atoms. The molecule has 29 heavy (non-hydrogen) atoms. The summed E-state index contributed by atoms with van der Waals surface area (Å²) in [4.78, 5) is 18.2. The van der Waals surface area contributed by atoms with Crippen LogP contribution < -0.4 is 15.9 Å². The summed E-state index contributed by atoms with van der Waals surface area (Å²) in [6.07, 6.45) is 6.42. The number of rotatable bonds is 4. The van der Waals surface area contributed by atoms with Crippen LogP contribution in [0, 0.1) is 11.8 Å². The van der Waals surface area contributed by atoms with Gasteiger partial charge in [-0.2, -0.15) is 0 Å². The van der Waals surface area contributed by atoms with Gasteiger partial charge in [0.25, 0.3) is 5.91 Å². The summed E-state index contributed by atoms with van der Waals surface area (Å²) in [6, 6.07) is 5.95. The van der Waals surface area contributed by atoms with Gasteiger partial charge in [0, 0.05) is 21.4 Å². The van der Waals surface area contributed by atoms with Gasteiger partial charge in [-0.25, -0.2) is 5.01 Å². The van der Waals surface area contributed by atoms with Gasteiger partial charge in [0.2, 0.25) is 0 Å². The summed E-state index contributed by atoms with van der Waals surface area (Å²) in [5, 5.41) is 12.2. The summed E-state index contributed by atoms with van der Waals surface area (Å²) < 4.78 is 0.932. The molecule has 154 valence electrons. The number of hydrogen-bond acceptors (Lipinski definition) is 5. The molecule has 1 aliphatic carbocycles. The molecule has 1 aromatic carbocycles. The smallest absolute Gasteiger partial charge is 0.276 e. The van der Waals surface area contributed by atoms with E-state index in [0.29, 0.717) is 22.7 Å². The van der Waals surface area contributed by atoms with Gasteiger partial charge in [-0.1, -0.05) is 59.6 Å². The van der Waals surface area contributed by atoms with E-state index in [1.54, 1.807) is 11.8 Å². The number of nitrogens with one attached hydrogen (secondary N) is 1. The van der Waals surface area contributed by atoms with Crippen molar-refractivity contribution in [3.05, 3.63) is 44.9 Å². The SMILES string of the molecule is CCCCSC1=NN2C(=c3cc(Br)ccc3=N[C@@H]2[C@@H]2CC=C(C)C[C@H]2C)C(=O)N1. The number of hydrogen-bond donors (Lipinski definition) is 1. The predicted molar refractivity (Wildman–Crippen MR) is 123 cm³/mol. The van der Waals surface area contributed by atoms with Crippen LogP contribution in [0.25, 0.3) is 5.70 Å². The topological polar surface area (TPSA) is 57.1 Å². The number of hydrazone groups is 1. The number of fused-ring (bicyclic) bond motifs is 2. The van der Waals surface area contributed by atoms with E-state index in [1.807, 2.05) is 23.2 Å². The Morgan fingerprint density at radius 1 is 1.38 bits per heavy atom. The van der Waals surface area contributed by atoms with Crippen molar-refractivity contribution in [1.82, 2.24) is 10.3 Å². The first-order valence-corrected chi connectivity index (χ1v) is 12.1. The number of benzene rings is 1. The Balaban J connectivity index is 1.80. The Kier molecular flexibility index (Phi) is 6.16. The number of allylic oxidation sites excluding steroid dienone is 2. The van der Waals surface area contributed by atoms with Crippen LogP contribution in [0.1, 0.15) is 46.5 Å². The molecule has 0 aromatic heterocycles. The van der Waals surface area contributed by atoms with Gasteiger partial charge in [0.05, 0.1) is 5.36 Å².